The van der Waals surface area contributed by atoms with Crippen molar-refractivity contribution in [2.75, 3.05) is 33.4 Å². The summed E-state index contributed by atoms with van der Waals surface area (Å²) in [6, 6.07) is 12.1. The molecule has 2 aromatic carbocycles. The first-order valence-electron chi connectivity index (χ1n) is 10.1. The molecule has 12 heteroatoms. The van der Waals surface area contributed by atoms with Crippen LogP contribution in [0.25, 0.3) is 22.5 Å². The number of hydrogen-bond acceptors (Lipinski definition) is 10. The van der Waals surface area contributed by atoms with Gasteiger partial charge < -0.3 is 18.4 Å². The molecule has 33 heavy (non-hydrogen) atoms. The number of benzene rings is 2. The van der Waals surface area contributed by atoms with Gasteiger partial charge in [-0.25, -0.2) is 13.4 Å². The zero-order valence-electron chi connectivity index (χ0n) is 17.6. The average molecular weight is 489 g/mol. The number of ether oxygens (including phenoxy) is 2. The number of para-hydroxylation sites is 1. The number of morpholine rings is 1. The fourth-order valence-corrected chi connectivity index (χ4v) is 5.52. The summed E-state index contributed by atoms with van der Waals surface area (Å²) in [4.78, 5) is 9.01. The SMILES string of the molecule is COc1ccccc1-c1noc(CSc2nc3cc(S(=O)(=O)N4CCOCC4)ccc3o2)n1. The van der Waals surface area contributed by atoms with Crippen LogP contribution >= 0.6 is 11.8 Å². The van der Waals surface area contributed by atoms with E-state index in [2.05, 4.69) is 15.1 Å². The second-order valence-electron chi connectivity index (χ2n) is 7.13. The number of nitrogens with zero attached hydrogens (tertiary/aromatic N) is 4. The van der Waals surface area contributed by atoms with Gasteiger partial charge in [0.25, 0.3) is 5.22 Å². The lowest BCUT2D eigenvalue weighted by Gasteiger charge is -2.25. The molecule has 2 aromatic heterocycles. The molecule has 0 atom stereocenters. The Morgan fingerprint density at radius 2 is 1.94 bits per heavy atom. The summed E-state index contributed by atoms with van der Waals surface area (Å²) in [7, 11) is -2.02. The molecule has 5 rings (SSSR count). The van der Waals surface area contributed by atoms with E-state index in [9.17, 15) is 8.42 Å². The molecule has 0 unspecified atom stereocenters. The van der Waals surface area contributed by atoms with Crippen LogP contribution < -0.4 is 4.74 Å². The molecule has 1 saturated heterocycles. The van der Waals surface area contributed by atoms with Crippen LogP contribution in [0.3, 0.4) is 0 Å². The van der Waals surface area contributed by atoms with Gasteiger partial charge in [0.1, 0.15) is 11.3 Å². The Morgan fingerprint density at radius 3 is 2.76 bits per heavy atom. The van der Waals surface area contributed by atoms with Crippen molar-refractivity contribution >= 4 is 32.9 Å². The number of hydrogen-bond donors (Lipinski definition) is 0. The van der Waals surface area contributed by atoms with Crippen molar-refractivity contribution in [1.29, 1.82) is 0 Å². The van der Waals surface area contributed by atoms with Crippen LogP contribution in [0, 0.1) is 0 Å². The van der Waals surface area contributed by atoms with Crippen LogP contribution in [0.15, 0.2) is 61.5 Å². The number of thioether (sulfide) groups is 1. The number of rotatable bonds is 7. The van der Waals surface area contributed by atoms with E-state index in [1.807, 2.05) is 24.3 Å². The smallest absolute Gasteiger partial charge is 0.257 e. The summed E-state index contributed by atoms with van der Waals surface area (Å²) >= 11 is 1.28. The Bertz CT molecular complexity index is 1380. The van der Waals surface area contributed by atoms with Crippen LogP contribution in [0.2, 0.25) is 0 Å². The number of aromatic nitrogens is 3. The highest BCUT2D eigenvalue weighted by Gasteiger charge is 2.27. The van der Waals surface area contributed by atoms with E-state index in [4.69, 9.17) is 18.4 Å². The minimum atomic E-state index is -3.61. The predicted octanol–water partition coefficient (Wildman–Crippen LogP) is 3.20. The molecule has 1 aliphatic heterocycles. The van der Waals surface area contributed by atoms with E-state index in [1.54, 1.807) is 13.2 Å². The van der Waals surface area contributed by atoms with Crippen LogP contribution in [-0.4, -0.2) is 61.3 Å². The summed E-state index contributed by atoms with van der Waals surface area (Å²) in [6.07, 6.45) is 0. The highest BCUT2D eigenvalue weighted by Crippen LogP contribution is 2.30. The van der Waals surface area contributed by atoms with Crippen molar-refractivity contribution in [2.24, 2.45) is 0 Å². The number of methoxy groups -OCH3 is 1. The molecular weight excluding hydrogens is 468 g/mol. The Balaban J connectivity index is 1.31. The van der Waals surface area contributed by atoms with E-state index in [1.165, 1.54) is 28.2 Å². The molecule has 1 aliphatic rings. The Hall–Kier alpha value is -2.93. The first-order valence-corrected chi connectivity index (χ1v) is 12.5. The molecule has 0 saturated carbocycles. The molecule has 0 radical (unpaired) electrons. The van der Waals surface area contributed by atoms with Gasteiger partial charge in [0.15, 0.2) is 5.58 Å². The fraction of sp³-hybridized carbons (Fsp3) is 0.286. The Kier molecular flexibility index (Phi) is 6.06. The molecule has 0 N–H and O–H groups in total. The van der Waals surface area contributed by atoms with Crippen molar-refractivity contribution < 1.29 is 26.8 Å². The van der Waals surface area contributed by atoms with Crippen molar-refractivity contribution in [2.45, 2.75) is 15.9 Å². The maximum absolute atomic E-state index is 12.9. The molecule has 172 valence electrons. The van der Waals surface area contributed by atoms with Crippen LogP contribution in [0.1, 0.15) is 5.89 Å². The normalized spacial score (nSPS) is 15.2. The summed E-state index contributed by atoms with van der Waals surface area (Å²) < 4.78 is 48.9. The lowest BCUT2D eigenvalue weighted by molar-refractivity contribution is 0.0730. The van der Waals surface area contributed by atoms with Crippen LogP contribution in [0.4, 0.5) is 0 Å². The number of oxazole rings is 1. The first kappa shape index (κ1) is 21.9. The van der Waals surface area contributed by atoms with E-state index >= 15 is 0 Å². The van der Waals surface area contributed by atoms with E-state index < -0.39 is 10.0 Å². The van der Waals surface area contributed by atoms with Crippen molar-refractivity contribution in [1.82, 2.24) is 19.4 Å². The minimum absolute atomic E-state index is 0.181. The third kappa shape index (κ3) is 4.47. The standard InChI is InChI=1S/C21H20N4O6S2/c1-28-17-5-3-2-4-15(17)20-23-19(31-24-20)13-32-21-22-16-12-14(6-7-18(16)30-21)33(26,27)25-8-10-29-11-9-25/h2-7,12H,8-11,13H2,1H3. The number of sulfonamides is 1. The minimum Gasteiger partial charge on any atom is -0.496 e. The predicted molar refractivity (Wildman–Crippen MR) is 119 cm³/mol. The van der Waals surface area contributed by atoms with E-state index in [-0.39, 0.29) is 4.90 Å². The summed E-state index contributed by atoms with van der Waals surface area (Å²) in [5.41, 5.74) is 1.70. The molecule has 0 spiro atoms. The van der Waals surface area contributed by atoms with Crippen molar-refractivity contribution in [3.05, 3.63) is 48.4 Å². The zero-order chi connectivity index (χ0) is 22.8. The number of fused-ring (bicyclic) bond motifs is 1. The Labute approximate surface area is 193 Å². The Morgan fingerprint density at radius 1 is 1.12 bits per heavy atom. The topological polar surface area (TPSA) is 121 Å². The fourth-order valence-electron chi connectivity index (χ4n) is 3.42. The van der Waals surface area contributed by atoms with Gasteiger partial charge in [-0.1, -0.05) is 29.1 Å². The summed E-state index contributed by atoms with van der Waals surface area (Å²) in [6.45, 7) is 1.45. The van der Waals surface area contributed by atoms with Gasteiger partial charge in [-0.15, -0.1) is 0 Å². The lowest BCUT2D eigenvalue weighted by Crippen LogP contribution is -2.40. The molecule has 0 bridgehead atoms. The molecule has 0 amide bonds. The van der Waals surface area contributed by atoms with Crippen molar-refractivity contribution in [3.8, 4) is 17.1 Å². The van der Waals surface area contributed by atoms with Gasteiger partial charge in [0, 0.05) is 13.1 Å². The zero-order valence-corrected chi connectivity index (χ0v) is 19.3. The average Bonchev–Trinajstić information content (AvgIpc) is 3.49. The van der Waals surface area contributed by atoms with Gasteiger partial charge >= 0.3 is 0 Å². The van der Waals surface area contributed by atoms with Gasteiger partial charge in [-0.2, -0.15) is 9.29 Å². The van der Waals surface area contributed by atoms with Crippen molar-refractivity contribution in [3.63, 3.8) is 0 Å². The molecule has 1 fully saturated rings. The largest absolute Gasteiger partial charge is 0.496 e. The van der Waals surface area contributed by atoms with Crippen LogP contribution in [0.5, 0.6) is 5.75 Å². The van der Waals surface area contributed by atoms with Gasteiger partial charge in [-0.05, 0) is 30.3 Å². The van der Waals surface area contributed by atoms with E-state index in [0.717, 1.165) is 5.56 Å². The molecule has 10 nitrogen and oxygen atoms in total. The van der Waals surface area contributed by atoms with Gasteiger partial charge in [0.05, 0.1) is 36.5 Å². The molecule has 3 heterocycles. The molecular formula is C21H20N4O6S2. The monoisotopic (exact) mass is 488 g/mol. The lowest BCUT2D eigenvalue weighted by atomic mass is 10.2. The van der Waals surface area contributed by atoms with E-state index in [0.29, 0.717) is 65.8 Å². The quantitative estimate of drug-likeness (QED) is 0.359. The van der Waals surface area contributed by atoms with Gasteiger partial charge in [0.2, 0.25) is 21.7 Å². The third-order valence-corrected chi connectivity index (χ3v) is 7.79. The first-order chi connectivity index (χ1) is 16.0. The maximum Gasteiger partial charge on any atom is 0.257 e. The second kappa shape index (κ2) is 9.14. The molecule has 0 aliphatic carbocycles. The highest BCUT2D eigenvalue weighted by molar-refractivity contribution is 7.98. The highest BCUT2D eigenvalue weighted by atomic mass is 32.2. The van der Waals surface area contributed by atoms with Gasteiger partial charge in [-0.3, -0.25) is 0 Å². The summed E-state index contributed by atoms with van der Waals surface area (Å²) in [5.74, 6) is 1.82. The third-order valence-electron chi connectivity index (χ3n) is 5.08. The van der Waals surface area contributed by atoms with Crippen LogP contribution in [-0.2, 0) is 20.5 Å². The second-order valence-corrected chi connectivity index (χ2v) is 9.99. The maximum atomic E-state index is 12.9. The summed E-state index contributed by atoms with van der Waals surface area (Å²) in [5, 5.41) is 4.40. The molecule has 4 aromatic rings.